The van der Waals surface area contributed by atoms with E-state index in [0.717, 1.165) is 5.57 Å². The predicted molar refractivity (Wildman–Crippen MR) is 107 cm³/mol. The van der Waals surface area contributed by atoms with Crippen molar-refractivity contribution in [3.8, 4) is 11.5 Å². The van der Waals surface area contributed by atoms with Gasteiger partial charge in [-0.25, -0.2) is 0 Å². The molecule has 0 aliphatic carbocycles. The SMILES string of the molecule is C=C(C)COc1cccc(NC(=O)CCCOc2cccc(C(C)=O)c2)c1. The summed E-state index contributed by atoms with van der Waals surface area (Å²) in [6.45, 7) is 8.05. The Bertz CT molecular complexity index is 813. The van der Waals surface area contributed by atoms with Crippen molar-refractivity contribution in [2.45, 2.75) is 26.7 Å². The summed E-state index contributed by atoms with van der Waals surface area (Å²) in [5.74, 6) is 1.22. The fraction of sp³-hybridized carbons (Fsp3) is 0.273. The number of benzene rings is 2. The van der Waals surface area contributed by atoms with E-state index in [0.29, 0.717) is 48.8 Å². The number of anilines is 1. The molecular formula is C22H25NO4. The van der Waals surface area contributed by atoms with E-state index in [4.69, 9.17) is 9.47 Å². The van der Waals surface area contributed by atoms with Crippen molar-refractivity contribution < 1.29 is 19.1 Å². The normalized spacial score (nSPS) is 10.1. The van der Waals surface area contributed by atoms with Crippen LogP contribution in [0.4, 0.5) is 5.69 Å². The summed E-state index contributed by atoms with van der Waals surface area (Å²) < 4.78 is 11.2. The second-order valence-corrected chi connectivity index (χ2v) is 6.36. The van der Waals surface area contributed by atoms with Gasteiger partial charge in [0.2, 0.25) is 5.91 Å². The summed E-state index contributed by atoms with van der Waals surface area (Å²) in [4.78, 5) is 23.4. The van der Waals surface area contributed by atoms with Crippen LogP contribution < -0.4 is 14.8 Å². The molecule has 0 aliphatic rings. The van der Waals surface area contributed by atoms with E-state index >= 15 is 0 Å². The molecule has 5 heteroatoms. The molecule has 0 saturated heterocycles. The first kappa shape index (κ1) is 20.2. The molecule has 0 atom stereocenters. The molecule has 0 aromatic heterocycles. The third-order valence-corrected chi connectivity index (χ3v) is 3.66. The van der Waals surface area contributed by atoms with Gasteiger partial charge in [0, 0.05) is 23.7 Å². The second kappa shape index (κ2) is 10.2. The topological polar surface area (TPSA) is 64.6 Å². The lowest BCUT2D eigenvalue weighted by atomic mass is 10.1. The van der Waals surface area contributed by atoms with Gasteiger partial charge in [0.15, 0.2) is 5.78 Å². The predicted octanol–water partition coefficient (Wildman–Crippen LogP) is 4.64. The Hall–Kier alpha value is -3.08. The van der Waals surface area contributed by atoms with Crippen LogP contribution in [0.3, 0.4) is 0 Å². The number of hydrogen-bond acceptors (Lipinski definition) is 4. The molecule has 5 nitrogen and oxygen atoms in total. The third kappa shape index (κ3) is 7.36. The highest BCUT2D eigenvalue weighted by molar-refractivity contribution is 5.94. The largest absolute Gasteiger partial charge is 0.494 e. The smallest absolute Gasteiger partial charge is 0.224 e. The van der Waals surface area contributed by atoms with Crippen LogP contribution in [0.1, 0.15) is 37.0 Å². The van der Waals surface area contributed by atoms with Crippen molar-refractivity contribution in [1.29, 1.82) is 0 Å². The number of ether oxygens (including phenoxy) is 2. The Morgan fingerprint density at radius 2 is 1.70 bits per heavy atom. The first-order chi connectivity index (χ1) is 12.9. The van der Waals surface area contributed by atoms with Gasteiger partial charge in [0.1, 0.15) is 18.1 Å². The molecule has 2 aromatic rings. The summed E-state index contributed by atoms with van der Waals surface area (Å²) in [5, 5.41) is 2.85. The van der Waals surface area contributed by atoms with Gasteiger partial charge >= 0.3 is 0 Å². The van der Waals surface area contributed by atoms with Crippen molar-refractivity contribution in [1.82, 2.24) is 0 Å². The van der Waals surface area contributed by atoms with Gasteiger partial charge in [-0.1, -0.05) is 24.8 Å². The van der Waals surface area contributed by atoms with Gasteiger partial charge in [-0.3, -0.25) is 9.59 Å². The molecule has 0 saturated carbocycles. The van der Waals surface area contributed by atoms with Gasteiger partial charge in [-0.2, -0.15) is 0 Å². The van der Waals surface area contributed by atoms with Crippen LogP contribution in [0.5, 0.6) is 11.5 Å². The number of amides is 1. The molecule has 0 radical (unpaired) electrons. The lowest BCUT2D eigenvalue weighted by Crippen LogP contribution is -2.13. The average Bonchev–Trinajstić information content (AvgIpc) is 2.64. The molecule has 0 aliphatic heterocycles. The molecule has 142 valence electrons. The highest BCUT2D eigenvalue weighted by Crippen LogP contribution is 2.18. The second-order valence-electron chi connectivity index (χ2n) is 6.36. The third-order valence-electron chi connectivity index (χ3n) is 3.66. The molecule has 0 fully saturated rings. The minimum atomic E-state index is -0.0897. The Morgan fingerprint density at radius 1 is 1.00 bits per heavy atom. The maximum atomic E-state index is 12.1. The number of ketones is 1. The summed E-state index contributed by atoms with van der Waals surface area (Å²) in [5.41, 5.74) is 2.23. The molecule has 0 heterocycles. The van der Waals surface area contributed by atoms with Crippen molar-refractivity contribution in [3.63, 3.8) is 0 Å². The number of carbonyl (C=O) groups is 2. The maximum absolute atomic E-state index is 12.1. The Morgan fingerprint density at radius 3 is 2.41 bits per heavy atom. The molecule has 2 rings (SSSR count). The Labute approximate surface area is 160 Å². The lowest BCUT2D eigenvalue weighted by molar-refractivity contribution is -0.116. The van der Waals surface area contributed by atoms with Crippen LogP contribution in [-0.4, -0.2) is 24.9 Å². The van der Waals surface area contributed by atoms with Crippen LogP contribution in [0.15, 0.2) is 60.7 Å². The fourth-order valence-electron chi connectivity index (χ4n) is 2.32. The Balaban J connectivity index is 1.75. The number of nitrogens with one attached hydrogen (secondary N) is 1. The molecule has 0 spiro atoms. The molecule has 1 amide bonds. The van der Waals surface area contributed by atoms with E-state index in [9.17, 15) is 9.59 Å². The van der Waals surface area contributed by atoms with E-state index in [-0.39, 0.29) is 11.7 Å². The summed E-state index contributed by atoms with van der Waals surface area (Å²) in [6, 6.07) is 14.3. The van der Waals surface area contributed by atoms with Gasteiger partial charge < -0.3 is 14.8 Å². The zero-order valence-corrected chi connectivity index (χ0v) is 15.8. The molecule has 2 aromatic carbocycles. The van der Waals surface area contributed by atoms with E-state index < -0.39 is 0 Å². The monoisotopic (exact) mass is 367 g/mol. The van der Waals surface area contributed by atoms with Crippen LogP contribution in [0, 0.1) is 0 Å². The number of carbonyl (C=O) groups excluding carboxylic acids is 2. The van der Waals surface area contributed by atoms with Crippen molar-refractivity contribution in [2.75, 3.05) is 18.5 Å². The number of hydrogen-bond donors (Lipinski definition) is 1. The van der Waals surface area contributed by atoms with Gasteiger partial charge in [0.25, 0.3) is 0 Å². The fourth-order valence-corrected chi connectivity index (χ4v) is 2.32. The van der Waals surface area contributed by atoms with Crippen LogP contribution in [0.25, 0.3) is 0 Å². The Kier molecular flexibility index (Phi) is 7.62. The standard InChI is InChI=1S/C22H25NO4/c1-16(2)15-27-21-10-5-8-19(14-21)23-22(25)11-6-12-26-20-9-4-7-18(13-20)17(3)24/h4-5,7-10,13-14H,1,6,11-12,15H2,2-3H3,(H,23,25). The van der Waals surface area contributed by atoms with E-state index in [1.54, 1.807) is 30.3 Å². The maximum Gasteiger partial charge on any atom is 0.224 e. The van der Waals surface area contributed by atoms with Crippen molar-refractivity contribution in [3.05, 3.63) is 66.2 Å². The summed E-state index contributed by atoms with van der Waals surface area (Å²) in [6.07, 6.45) is 0.908. The van der Waals surface area contributed by atoms with Crippen molar-refractivity contribution in [2.24, 2.45) is 0 Å². The minimum Gasteiger partial charge on any atom is -0.494 e. The lowest BCUT2D eigenvalue weighted by Gasteiger charge is -2.10. The quantitative estimate of drug-likeness (QED) is 0.377. The van der Waals surface area contributed by atoms with Crippen LogP contribution in [0.2, 0.25) is 0 Å². The first-order valence-electron chi connectivity index (χ1n) is 8.85. The van der Waals surface area contributed by atoms with Gasteiger partial charge in [-0.15, -0.1) is 0 Å². The van der Waals surface area contributed by atoms with Gasteiger partial charge in [-0.05, 0) is 50.1 Å². The van der Waals surface area contributed by atoms with Crippen molar-refractivity contribution >= 4 is 17.4 Å². The molecule has 0 unspecified atom stereocenters. The van der Waals surface area contributed by atoms with E-state index in [1.165, 1.54) is 6.92 Å². The summed E-state index contributed by atoms with van der Waals surface area (Å²) >= 11 is 0. The molecule has 0 bridgehead atoms. The average molecular weight is 367 g/mol. The van der Waals surface area contributed by atoms with E-state index in [2.05, 4.69) is 11.9 Å². The van der Waals surface area contributed by atoms with E-state index in [1.807, 2.05) is 25.1 Å². The number of rotatable bonds is 10. The highest BCUT2D eigenvalue weighted by atomic mass is 16.5. The van der Waals surface area contributed by atoms with Crippen LogP contribution in [-0.2, 0) is 4.79 Å². The zero-order valence-electron chi connectivity index (χ0n) is 15.8. The van der Waals surface area contributed by atoms with Gasteiger partial charge in [0.05, 0.1) is 6.61 Å². The summed E-state index contributed by atoms with van der Waals surface area (Å²) in [7, 11) is 0. The van der Waals surface area contributed by atoms with Crippen LogP contribution >= 0.6 is 0 Å². The highest BCUT2D eigenvalue weighted by Gasteiger charge is 2.05. The molecule has 1 N–H and O–H groups in total. The first-order valence-corrected chi connectivity index (χ1v) is 8.85. The molecule has 27 heavy (non-hydrogen) atoms. The number of Topliss-reactive ketones (excluding diaryl/α,β-unsaturated/α-hetero) is 1. The molecular weight excluding hydrogens is 342 g/mol. The minimum absolute atomic E-state index is 0.00529. The zero-order chi connectivity index (χ0) is 19.6.